The fourth-order valence-electron chi connectivity index (χ4n) is 1.92. The molecule has 0 saturated heterocycles. The molecule has 0 amide bonds. The average molecular weight is 389 g/mol. The molecular weight excluding hydrogens is 373 g/mol. The minimum Gasteiger partial charge on any atom is -0.492 e. The molecule has 21 heavy (non-hydrogen) atoms. The van der Waals surface area contributed by atoms with Crippen molar-refractivity contribution in [2.45, 2.75) is 12.5 Å². The Hall–Kier alpha value is -0.740. The Kier molecular flexibility index (Phi) is 6.37. The Morgan fingerprint density at radius 1 is 1.14 bits per heavy atom. The number of rotatable bonds is 6. The predicted molar refractivity (Wildman–Crippen MR) is 92.7 cm³/mol. The molecule has 1 N–H and O–H groups in total. The van der Waals surface area contributed by atoms with Crippen molar-refractivity contribution < 1.29 is 4.74 Å². The third-order valence-electron chi connectivity index (χ3n) is 3.15. The topological polar surface area (TPSA) is 21.3 Å². The quantitative estimate of drug-likeness (QED) is 0.754. The minimum absolute atomic E-state index is 0.180. The Bertz CT molecular complexity index is 589. The third kappa shape index (κ3) is 5.19. The molecule has 0 aromatic heterocycles. The number of benzene rings is 2. The van der Waals surface area contributed by atoms with Crippen molar-refractivity contribution in [3.63, 3.8) is 0 Å². The van der Waals surface area contributed by atoms with Crippen LogP contribution in [0.15, 0.2) is 46.9 Å². The van der Waals surface area contributed by atoms with Gasteiger partial charge in [-0.05, 0) is 55.4 Å². The van der Waals surface area contributed by atoms with Gasteiger partial charge in [-0.2, -0.15) is 0 Å². The standard InChI is InChI=1S/C16H16BrCl2NO/c1-20-14(8-11-2-3-12(17)9-16(11)19)10-21-15-6-4-13(18)5-7-15/h2-7,9,14,20H,8,10H2,1H3. The fraction of sp³-hybridized carbons (Fsp3) is 0.250. The monoisotopic (exact) mass is 387 g/mol. The average Bonchev–Trinajstić information content (AvgIpc) is 2.47. The molecule has 0 aliphatic carbocycles. The maximum atomic E-state index is 6.25. The number of likely N-dealkylation sites (N-methyl/N-ethyl adjacent to an activating group) is 1. The van der Waals surface area contributed by atoms with Crippen molar-refractivity contribution in [1.29, 1.82) is 0 Å². The molecule has 0 bridgehead atoms. The first-order chi connectivity index (χ1) is 10.1. The zero-order valence-electron chi connectivity index (χ0n) is 11.6. The first kappa shape index (κ1) is 16.6. The van der Waals surface area contributed by atoms with E-state index in [1.165, 1.54) is 0 Å². The Balaban J connectivity index is 1.95. The molecule has 0 saturated carbocycles. The molecule has 1 unspecified atom stereocenters. The largest absolute Gasteiger partial charge is 0.492 e. The van der Waals surface area contributed by atoms with E-state index in [1.807, 2.05) is 49.5 Å². The summed E-state index contributed by atoms with van der Waals surface area (Å²) in [5.74, 6) is 0.807. The molecule has 0 aliphatic heterocycles. The van der Waals surface area contributed by atoms with Gasteiger partial charge in [0.05, 0.1) is 0 Å². The molecule has 2 aromatic rings. The number of halogens is 3. The lowest BCUT2D eigenvalue weighted by atomic mass is 10.1. The first-order valence-electron chi connectivity index (χ1n) is 6.58. The Morgan fingerprint density at radius 3 is 2.48 bits per heavy atom. The highest BCUT2D eigenvalue weighted by atomic mass is 79.9. The number of nitrogens with one attached hydrogen (secondary N) is 1. The van der Waals surface area contributed by atoms with Crippen LogP contribution in [0.2, 0.25) is 10.0 Å². The zero-order chi connectivity index (χ0) is 15.2. The van der Waals surface area contributed by atoms with Gasteiger partial charge in [0, 0.05) is 20.6 Å². The van der Waals surface area contributed by atoms with Crippen molar-refractivity contribution >= 4 is 39.1 Å². The van der Waals surface area contributed by atoms with E-state index in [9.17, 15) is 0 Å². The molecule has 0 heterocycles. The molecule has 2 aromatic carbocycles. The van der Waals surface area contributed by atoms with Gasteiger partial charge in [0.15, 0.2) is 0 Å². The van der Waals surface area contributed by atoms with E-state index in [0.717, 1.165) is 27.2 Å². The highest BCUT2D eigenvalue weighted by Gasteiger charge is 2.11. The van der Waals surface area contributed by atoms with Crippen LogP contribution in [0.5, 0.6) is 5.75 Å². The van der Waals surface area contributed by atoms with E-state index < -0.39 is 0 Å². The van der Waals surface area contributed by atoms with E-state index in [1.54, 1.807) is 0 Å². The summed E-state index contributed by atoms with van der Waals surface area (Å²) in [5, 5.41) is 4.72. The molecule has 5 heteroatoms. The van der Waals surface area contributed by atoms with Crippen molar-refractivity contribution in [2.75, 3.05) is 13.7 Å². The van der Waals surface area contributed by atoms with Crippen LogP contribution < -0.4 is 10.1 Å². The van der Waals surface area contributed by atoms with Gasteiger partial charge < -0.3 is 10.1 Å². The van der Waals surface area contributed by atoms with Crippen LogP contribution in [-0.4, -0.2) is 19.7 Å². The number of hydrogen-bond donors (Lipinski definition) is 1. The molecule has 0 spiro atoms. The second-order valence-electron chi connectivity index (χ2n) is 4.69. The first-order valence-corrected chi connectivity index (χ1v) is 8.13. The van der Waals surface area contributed by atoms with Gasteiger partial charge in [-0.25, -0.2) is 0 Å². The van der Waals surface area contributed by atoms with Crippen molar-refractivity contribution in [2.24, 2.45) is 0 Å². The molecule has 2 nitrogen and oxygen atoms in total. The van der Waals surface area contributed by atoms with E-state index in [-0.39, 0.29) is 6.04 Å². The van der Waals surface area contributed by atoms with Crippen LogP contribution in [0.1, 0.15) is 5.56 Å². The van der Waals surface area contributed by atoms with Crippen molar-refractivity contribution in [1.82, 2.24) is 5.32 Å². The highest BCUT2D eigenvalue weighted by Crippen LogP contribution is 2.23. The molecule has 2 rings (SSSR count). The van der Waals surface area contributed by atoms with Crippen molar-refractivity contribution in [3.05, 3.63) is 62.5 Å². The predicted octanol–water partition coefficient (Wildman–Crippen LogP) is 4.97. The fourth-order valence-corrected chi connectivity index (χ4v) is 2.80. The van der Waals surface area contributed by atoms with E-state index in [0.29, 0.717) is 11.6 Å². The maximum absolute atomic E-state index is 6.25. The van der Waals surface area contributed by atoms with Gasteiger partial charge >= 0.3 is 0 Å². The van der Waals surface area contributed by atoms with Crippen molar-refractivity contribution in [3.8, 4) is 5.75 Å². The molecule has 0 fully saturated rings. The summed E-state index contributed by atoms with van der Waals surface area (Å²) in [6.07, 6.45) is 0.802. The van der Waals surface area contributed by atoms with Crippen LogP contribution in [0.25, 0.3) is 0 Å². The summed E-state index contributed by atoms with van der Waals surface area (Å²) in [5.41, 5.74) is 1.10. The second-order valence-corrected chi connectivity index (χ2v) is 6.45. The van der Waals surface area contributed by atoms with Gasteiger partial charge in [-0.15, -0.1) is 0 Å². The van der Waals surface area contributed by atoms with Crippen LogP contribution in [-0.2, 0) is 6.42 Å². The lowest BCUT2D eigenvalue weighted by molar-refractivity contribution is 0.270. The zero-order valence-corrected chi connectivity index (χ0v) is 14.7. The van der Waals surface area contributed by atoms with E-state index in [2.05, 4.69) is 21.2 Å². The number of ether oxygens (including phenoxy) is 1. The van der Waals surface area contributed by atoms with Gasteiger partial charge in [-0.3, -0.25) is 0 Å². The SMILES string of the molecule is CNC(COc1ccc(Cl)cc1)Cc1ccc(Br)cc1Cl. The summed E-state index contributed by atoms with van der Waals surface area (Å²) in [6, 6.07) is 13.5. The van der Waals surface area contributed by atoms with Gasteiger partial charge in [-0.1, -0.05) is 45.2 Å². The Labute approximate surface area is 143 Å². The van der Waals surface area contributed by atoms with E-state index in [4.69, 9.17) is 27.9 Å². The summed E-state index contributed by atoms with van der Waals surface area (Å²) in [4.78, 5) is 0. The highest BCUT2D eigenvalue weighted by molar-refractivity contribution is 9.10. The molecule has 0 aliphatic rings. The molecule has 1 atom stereocenters. The maximum Gasteiger partial charge on any atom is 0.119 e. The van der Waals surface area contributed by atoms with Crippen LogP contribution >= 0.6 is 39.1 Å². The minimum atomic E-state index is 0.180. The molecule has 0 radical (unpaired) electrons. The number of hydrogen-bond acceptors (Lipinski definition) is 2. The summed E-state index contributed by atoms with van der Waals surface area (Å²) in [7, 11) is 1.92. The third-order valence-corrected chi connectivity index (χ3v) is 4.25. The van der Waals surface area contributed by atoms with Crippen LogP contribution in [0.3, 0.4) is 0 Å². The molecule has 112 valence electrons. The molecular formula is C16H16BrCl2NO. The normalized spacial score (nSPS) is 12.2. The van der Waals surface area contributed by atoms with Gasteiger partial charge in [0.1, 0.15) is 12.4 Å². The second kappa shape index (κ2) is 8.04. The lowest BCUT2D eigenvalue weighted by Gasteiger charge is -2.18. The summed E-state index contributed by atoms with van der Waals surface area (Å²) in [6.45, 7) is 0.560. The summed E-state index contributed by atoms with van der Waals surface area (Å²) < 4.78 is 6.76. The van der Waals surface area contributed by atoms with Crippen LogP contribution in [0, 0.1) is 0 Å². The van der Waals surface area contributed by atoms with Gasteiger partial charge in [0.2, 0.25) is 0 Å². The van der Waals surface area contributed by atoms with Gasteiger partial charge in [0.25, 0.3) is 0 Å². The summed E-state index contributed by atoms with van der Waals surface area (Å²) >= 11 is 15.5. The smallest absolute Gasteiger partial charge is 0.119 e. The van der Waals surface area contributed by atoms with Crippen LogP contribution in [0.4, 0.5) is 0 Å². The Morgan fingerprint density at radius 2 is 1.86 bits per heavy atom. The lowest BCUT2D eigenvalue weighted by Crippen LogP contribution is -2.33. The van der Waals surface area contributed by atoms with E-state index >= 15 is 0 Å².